The second kappa shape index (κ2) is 9.63. The molecule has 1 N–H and O–H groups in total. The van der Waals surface area contributed by atoms with E-state index in [1.54, 1.807) is 18.7 Å². The number of carbonyl (C=O) groups excluding carboxylic acids is 2. The largest absolute Gasteiger partial charge is 0.417 e. The van der Waals surface area contributed by atoms with Gasteiger partial charge in [0.2, 0.25) is 5.91 Å². The lowest BCUT2D eigenvalue weighted by molar-refractivity contribution is -0.138. The number of alkyl halides is 3. The van der Waals surface area contributed by atoms with Crippen LogP contribution in [0.5, 0.6) is 0 Å². The Labute approximate surface area is 199 Å². The zero-order valence-corrected chi connectivity index (χ0v) is 19.2. The van der Waals surface area contributed by atoms with Gasteiger partial charge in [-0.25, -0.2) is 4.39 Å². The predicted molar refractivity (Wildman–Crippen MR) is 119 cm³/mol. The van der Waals surface area contributed by atoms with Crippen molar-refractivity contribution in [1.82, 2.24) is 24.8 Å². The van der Waals surface area contributed by atoms with Gasteiger partial charge in [0.05, 0.1) is 5.56 Å². The molecule has 11 heteroatoms. The van der Waals surface area contributed by atoms with E-state index >= 15 is 0 Å². The summed E-state index contributed by atoms with van der Waals surface area (Å²) in [6.07, 6.45) is -2.26. The average Bonchev–Trinajstić information content (AvgIpc) is 3.25. The van der Waals surface area contributed by atoms with Gasteiger partial charge >= 0.3 is 6.18 Å². The van der Waals surface area contributed by atoms with Gasteiger partial charge in [-0.1, -0.05) is 13.8 Å². The van der Waals surface area contributed by atoms with Gasteiger partial charge in [0.25, 0.3) is 5.91 Å². The molecule has 1 fully saturated rings. The molecular formula is C24H25F4N5O2. The Bertz CT molecular complexity index is 1220. The minimum atomic E-state index is -4.50. The fraction of sp³-hybridized carbons (Fsp3) is 0.417. The average molecular weight is 491 g/mol. The molecule has 7 nitrogen and oxygen atoms in total. The Kier molecular flexibility index (Phi) is 6.77. The third-order valence-electron chi connectivity index (χ3n) is 6.18. The van der Waals surface area contributed by atoms with Gasteiger partial charge in [-0.2, -0.15) is 13.2 Å². The summed E-state index contributed by atoms with van der Waals surface area (Å²) in [7, 11) is 0. The lowest BCUT2D eigenvalue weighted by atomic mass is 9.94. The van der Waals surface area contributed by atoms with E-state index in [1.165, 1.54) is 34.7 Å². The Morgan fingerprint density at radius 1 is 1.09 bits per heavy atom. The number of amides is 2. The number of benzene rings is 1. The molecule has 1 saturated heterocycles. The van der Waals surface area contributed by atoms with E-state index in [4.69, 9.17) is 0 Å². The van der Waals surface area contributed by atoms with Crippen LogP contribution in [0.15, 0.2) is 42.6 Å². The highest BCUT2D eigenvalue weighted by atomic mass is 19.4. The lowest BCUT2D eigenvalue weighted by Gasteiger charge is -2.35. The van der Waals surface area contributed by atoms with Crippen molar-refractivity contribution in [2.75, 3.05) is 13.1 Å². The molecule has 1 unspecified atom stereocenters. The van der Waals surface area contributed by atoms with E-state index in [1.807, 2.05) is 0 Å². The van der Waals surface area contributed by atoms with Crippen LogP contribution in [0, 0.1) is 11.7 Å². The summed E-state index contributed by atoms with van der Waals surface area (Å²) in [4.78, 5) is 27.6. The molecule has 0 radical (unpaired) electrons. The van der Waals surface area contributed by atoms with E-state index in [2.05, 4.69) is 15.5 Å². The topological polar surface area (TPSA) is 79.6 Å². The SMILES string of the molecule is CC(C)[C@@H](NC(=O)c1ccc(F)cc1)C(=O)N1CCCC(c2nnc3ccc(C(F)(F)F)cn23)C1. The minimum Gasteiger partial charge on any atom is -0.340 e. The van der Waals surface area contributed by atoms with Gasteiger partial charge in [-0.3, -0.25) is 14.0 Å². The van der Waals surface area contributed by atoms with Crippen molar-refractivity contribution in [2.45, 2.75) is 44.8 Å². The number of nitrogens with zero attached hydrogens (tertiary/aromatic N) is 4. The van der Waals surface area contributed by atoms with E-state index < -0.39 is 29.5 Å². The van der Waals surface area contributed by atoms with Crippen molar-refractivity contribution in [3.8, 4) is 0 Å². The zero-order valence-electron chi connectivity index (χ0n) is 19.2. The Balaban J connectivity index is 1.53. The maximum absolute atomic E-state index is 13.4. The summed E-state index contributed by atoms with van der Waals surface area (Å²) in [6, 6.07) is 6.43. The number of likely N-dealkylation sites (tertiary alicyclic amines) is 1. The van der Waals surface area contributed by atoms with Gasteiger partial charge in [-0.05, 0) is 55.2 Å². The first-order valence-electron chi connectivity index (χ1n) is 11.3. The Morgan fingerprint density at radius 3 is 2.46 bits per heavy atom. The number of piperidine rings is 1. The molecule has 2 atom stereocenters. The maximum Gasteiger partial charge on any atom is 0.417 e. The van der Waals surface area contributed by atoms with Crippen molar-refractivity contribution in [3.05, 3.63) is 65.4 Å². The first kappa shape index (κ1) is 24.6. The second-order valence-corrected chi connectivity index (χ2v) is 9.03. The van der Waals surface area contributed by atoms with Crippen LogP contribution in [0.25, 0.3) is 5.65 Å². The third-order valence-corrected chi connectivity index (χ3v) is 6.18. The van der Waals surface area contributed by atoms with Crippen molar-refractivity contribution in [3.63, 3.8) is 0 Å². The quantitative estimate of drug-likeness (QED) is 0.547. The minimum absolute atomic E-state index is 0.226. The van der Waals surface area contributed by atoms with Gasteiger partial charge in [0, 0.05) is 30.8 Å². The van der Waals surface area contributed by atoms with Crippen LogP contribution >= 0.6 is 0 Å². The number of aromatic nitrogens is 3. The monoisotopic (exact) mass is 491 g/mol. The molecule has 3 heterocycles. The molecular weight excluding hydrogens is 466 g/mol. The lowest BCUT2D eigenvalue weighted by Crippen LogP contribution is -2.53. The standard InChI is InChI=1S/C24H25F4N5O2/c1-14(2)20(29-22(34)15-5-8-18(25)9-6-15)23(35)32-11-3-4-16(12-32)21-31-30-19-10-7-17(13-33(19)21)24(26,27)28/h5-10,13-14,16,20H,3-4,11-12H2,1-2H3,(H,29,34)/t16?,20-/m1/s1. The summed E-state index contributed by atoms with van der Waals surface area (Å²) in [5.74, 6) is -1.43. The summed E-state index contributed by atoms with van der Waals surface area (Å²) >= 11 is 0. The fourth-order valence-electron chi connectivity index (χ4n) is 4.28. The van der Waals surface area contributed by atoms with Crippen LogP contribution < -0.4 is 5.32 Å². The number of pyridine rings is 1. The smallest absolute Gasteiger partial charge is 0.340 e. The van der Waals surface area contributed by atoms with Crippen molar-refractivity contribution >= 4 is 17.5 Å². The van der Waals surface area contributed by atoms with Crippen LogP contribution in [-0.2, 0) is 11.0 Å². The van der Waals surface area contributed by atoms with Crippen LogP contribution in [0.1, 0.15) is 54.4 Å². The van der Waals surface area contributed by atoms with Gasteiger partial charge in [0.1, 0.15) is 17.7 Å². The highest BCUT2D eigenvalue weighted by Gasteiger charge is 2.35. The molecule has 0 spiro atoms. The highest BCUT2D eigenvalue weighted by molar-refractivity contribution is 5.97. The molecule has 0 saturated carbocycles. The Hall–Kier alpha value is -3.50. The summed E-state index contributed by atoms with van der Waals surface area (Å²) in [6.45, 7) is 4.31. The zero-order chi connectivity index (χ0) is 25.3. The predicted octanol–water partition coefficient (Wildman–Crippen LogP) is 4.05. The van der Waals surface area contributed by atoms with Crippen LogP contribution in [-0.4, -0.2) is 50.4 Å². The molecule has 186 valence electrons. The summed E-state index contributed by atoms with van der Waals surface area (Å²) < 4.78 is 54.2. The van der Waals surface area contributed by atoms with Crippen molar-refractivity contribution in [1.29, 1.82) is 0 Å². The van der Waals surface area contributed by atoms with Crippen molar-refractivity contribution < 1.29 is 27.2 Å². The van der Waals surface area contributed by atoms with Crippen LogP contribution in [0.2, 0.25) is 0 Å². The first-order chi connectivity index (χ1) is 16.5. The van der Waals surface area contributed by atoms with Crippen LogP contribution in [0.4, 0.5) is 17.6 Å². The van der Waals surface area contributed by atoms with E-state index in [9.17, 15) is 27.2 Å². The van der Waals surface area contributed by atoms with Gasteiger partial charge in [-0.15, -0.1) is 10.2 Å². The first-order valence-corrected chi connectivity index (χ1v) is 11.3. The van der Waals surface area contributed by atoms with Crippen molar-refractivity contribution in [2.24, 2.45) is 5.92 Å². The normalized spacial score (nSPS) is 17.6. The van der Waals surface area contributed by atoms with Gasteiger partial charge in [0.15, 0.2) is 5.65 Å². The number of carbonyl (C=O) groups is 2. The molecule has 4 rings (SSSR count). The third kappa shape index (κ3) is 5.28. The number of hydrogen-bond donors (Lipinski definition) is 1. The maximum atomic E-state index is 13.4. The number of halogens is 4. The van der Waals surface area contributed by atoms with E-state index in [0.29, 0.717) is 30.9 Å². The van der Waals surface area contributed by atoms with E-state index in [0.717, 1.165) is 12.3 Å². The van der Waals surface area contributed by atoms with Crippen LogP contribution in [0.3, 0.4) is 0 Å². The van der Waals surface area contributed by atoms with E-state index in [-0.39, 0.29) is 29.9 Å². The number of rotatable bonds is 5. The molecule has 2 amide bonds. The molecule has 2 aromatic heterocycles. The highest BCUT2D eigenvalue weighted by Crippen LogP contribution is 2.31. The fourth-order valence-corrected chi connectivity index (χ4v) is 4.28. The molecule has 1 aliphatic heterocycles. The summed E-state index contributed by atoms with van der Waals surface area (Å²) in [5, 5.41) is 10.8. The molecule has 3 aromatic rings. The Morgan fingerprint density at radius 2 is 1.80 bits per heavy atom. The summed E-state index contributed by atoms with van der Waals surface area (Å²) in [5.41, 5.74) is -0.280. The molecule has 0 bridgehead atoms. The number of fused-ring (bicyclic) bond motifs is 1. The molecule has 35 heavy (non-hydrogen) atoms. The number of hydrogen-bond acceptors (Lipinski definition) is 4. The molecule has 1 aliphatic rings. The van der Waals surface area contributed by atoms with Gasteiger partial charge < -0.3 is 10.2 Å². The molecule has 1 aromatic carbocycles. The second-order valence-electron chi connectivity index (χ2n) is 9.03. The molecule has 0 aliphatic carbocycles. The number of nitrogens with one attached hydrogen (secondary N) is 1.